The summed E-state index contributed by atoms with van der Waals surface area (Å²) in [7, 11) is 0. The van der Waals surface area contributed by atoms with Crippen molar-refractivity contribution in [1.82, 2.24) is 10.3 Å². The van der Waals surface area contributed by atoms with E-state index in [1.54, 1.807) is 6.20 Å². The van der Waals surface area contributed by atoms with Gasteiger partial charge in [0.25, 0.3) is 0 Å². The molecule has 0 atom stereocenters. The van der Waals surface area contributed by atoms with E-state index in [0.29, 0.717) is 0 Å². The van der Waals surface area contributed by atoms with Gasteiger partial charge in [-0.3, -0.25) is 4.98 Å². The summed E-state index contributed by atoms with van der Waals surface area (Å²) in [6, 6.07) is 2.92. The Labute approximate surface area is 104 Å². The van der Waals surface area contributed by atoms with Crippen LogP contribution in [0.1, 0.15) is 38.2 Å². The molecule has 0 spiro atoms. The van der Waals surface area contributed by atoms with E-state index in [1.165, 1.54) is 24.8 Å². The van der Waals surface area contributed by atoms with Crippen LogP contribution in [0, 0.1) is 0 Å². The molecular weight excluding hydrogens is 212 g/mol. The first-order valence-corrected chi connectivity index (χ1v) is 6.68. The van der Waals surface area contributed by atoms with Crippen molar-refractivity contribution in [3.05, 3.63) is 24.0 Å². The van der Waals surface area contributed by atoms with E-state index >= 15 is 0 Å². The predicted molar refractivity (Wildman–Crippen MR) is 69.4 cm³/mol. The van der Waals surface area contributed by atoms with Crippen molar-refractivity contribution in [2.75, 3.05) is 13.2 Å². The summed E-state index contributed by atoms with van der Waals surface area (Å²) in [5, 5.41) is 3.52. The summed E-state index contributed by atoms with van der Waals surface area (Å²) < 4.78 is 5.57. The van der Waals surface area contributed by atoms with Crippen LogP contribution in [0.4, 0.5) is 0 Å². The molecule has 1 aliphatic rings. The third-order valence-corrected chi connectivity index (χ3v) is 2.90. The van der Waals surface area contributed by atoms with Crippen LogP contribution in [-0.2, 0) is 6.42 Å². The molecule has 0 bridgehead atoms. The fraction of sp³-hybridized carbons (Fsp3) is 0.643. The molecule has 1 fully saturated rings. The molecule has 0 saturated heterocycles. The number of hydrogen-bond donors (Lipinski definition) is 1. The fourth-order valence-electron chi connectivity index (χ4n) is 1.79. The van der Waals surface area contributed by atoms with Gasteiger partial charge in [0.15, 0.2) is 0 Å². The van der Waals surface area contributed by atoms with Crippen molar-refractivity contribution >= 4 is 0 Å². The Kier molecular flexibility index (Phi) is 4.80. The van der Waals surface area contributed by atoms with Gasteiger partial charge in [-0.25, -0.2) is 0 Å². The van der Waals surface area contributed by atoms with Crippen LogP contribution < -0.4 is 10.1 Å². The molecular formula is C14H22N2O. The third kappa shape index (κ3) is 4.73. The number of aryl methyl sites for hydroxylation is 1. The van der Waals surface area contributed by atoms with E-state index in [-0.39, 0.29) is 0 Å². The van der Waals surface area contributed by atoms with Crippen molar-refractivity contribution in [3.8, 4) is 5.75 Å². The van der Waals surface area contributed by atoms with Crippen LogP contribution in [0.3, 0.4) is 0 Å². The van der Waals surface area contributed by atoms with Gasteiger partial charge in [0.1, 0.15) is 5.75 Å². The van der Waals surface area contributed by atoms with Crippen molar-refractivity contribution in [1.29, 1.82) is 0 Å². The maximum Gasteiger partial charge on any atom is 0.137 e. The Morgan fingerprint density at radius 3 is 3.06 bits per heavy atom. The van der Waals surface area contributed by atoms with Crippen LogP contribution in [0.15, 0.2) is 18.5 Å². The minimum Gasteiger partial charge on any atom is -0.492 e. The summed E-state index contributed by atoms with van der Waals surface area (Å²) in [5.41, 5.74) is 1.27. The van der Waals surface area contributed by atoms with Gasteiger partial charge in [0.05, 0.1) is 12.8 Å². The Hall–Kier alpha value is -1.09. The van der Waals surface area contributed by atoms with Gasteiger partial charge in [-0.15, -0.1) is 0 Å². The highest BCUT2D eigenvalue weighted by molar-refractivity contribution is 5.23. The summed E-state index contributed by atoms with van der Waals surface area (Å²) >= 11 is 0. The standard InChI is InChI=1S/C14H22N2O/c1-2-8-17-14-9-12(10-15-11-14)4-3-7-16-13-5-6-13/h9-11,13,16H,2-8H2,1H3. The minimum absolute atomic E-state index is 0.772. The second-order valence-electron chi connectivity index (χ2n) is 4.71. The van der Waals surface area contributed by atoms with E-state index in [1.807, 2.05) is 6.20 Å². The molecule has 1 aromatic rings. The average molecular weight is 234 g/mol. The van der Waals surface area contributed by atoms with Crippen LogP contribution in [0.5, 0.6) is 5.75 Å². The number of rotatable bonds is 8. The first kappa shape index (κ1) is 12.4. The van der Waals surface area contributed by atoms with Crippen molar-refractivity contribution in [3.63, 3.8) is 0 Å². The van der Waals surface area contributed by atoms with E-state index in [9.17, 15) is 0 Å². The van der Waals surface area contributed by atoms with Gasteiger partial charge >= 0.3 is 0 Å². The zero-order chi connectivity index (χ0) is 11.9. The van der Waals surface area contributed by atoms with E-state index < -0.39 is 0 Å². The zero-order valence-corrected chi connectivity index (χ0v) is 10.6. The molecule has 0 radical (unpaired) electrons. The number of nitrogens with one attached hydrogen (secondary N) is 1. The Morgan fingerprint density at radius 1 is 1.41 bits per heavy atom. The van der Waals surface area contributed by atoms with Crippen LogP contribution >= 0.6 is 0 Å². The van der Waals surface area contributed by atoms with Crippen LogP contribution in [0.25, 0.3) is 0 Å². The topological polar surface area (TPSA) is 34.1 Å². The monoisotopic (exact) mass is 234 g/mol. The molecule has 3 heteroatoms. The first-order chi connectivity index (χ1) is 8.38. The summed E-state index contributed by atoms with van der Waals surface area (Å²) in [4.78, 5) is 4.22. The summed E-state index contributed by atoms with van der Waals surface area (Å²) in [6.45, 7) is 4.00. The largest absolute Gasteiger partial charge is 0.492 e. The number of pyridine rings is 1. The molecule has 1 saturated carbocycles. The Balaban J connectivity index is 1.70. The highest BCUT2D eigenvalue weighted by atomic mass is 16.5. The molecule has 2 rings (SSSR count). The summed E-state index contributed by atoms with van der Waals surface area (Å²) in [6.07, 6.45) is 9.75. The molecule has 17 heavy (non-hydrogen) atoms. The predicted octanol–water partition coefficient (Wildman–Crippen LogP) is 2.56. The highest BCUT2D eigenvalue weighted by Crippen LogP contribution is 2.18. The SMILES string of the molecule is CCCOc1cncc(CCCNC2CC2)c1. The van der Waals surface area contributed by atoms with Gasteiger partial charge < -0.3 is 10.1 Å². The Bertz CT molecular complexity index is 337. The average Bonchev–Trinajstić information content (AvgIpc) is 3.17. The van der Waals surface area contributed by atoms with Crippen molar-refractivity contribution in [2.45, 2.75) is 45.1 Å². The molecule has 1 N–H and O–H groups in total. The first-order valence-electron chi connectivity index (χ1n) is 6.68. The molecule has 0 aliphatic heterocycles. The maximum atomic E-state index is 5.57. The number of nitrogens with zero attached hydrogens (tertiary/aromatic N) is 1. The normalized spacial score (nSPS) is 14.9. The lowest BCUT2D eigenvalue weighted by Gasteiger charge is -2.06. The van der Waals surface area contributed by atoms with Gasteiger partial charge in [0, 0.05) is 12.2 Å². The van der Waals surface area contributed by atoms with Gasteiger partial charge in [-0.05, 0) is 50.3 Å². The molecule has 1 aromatic heterocycles. The molecule has 1 aliphatic carbocycles. The molecule has 0 unspecified atom stereocenters. The maximum absolute atomic E-state index is 5.57. The molecule has 0 amide bonds. The number of aromatic nitrogens is 1. The summed E-state index contributed by atoms with van der Waals surface area (Å²) in [5.74, 6) is 0.902. The second kappa shape index (κ2) is 6.60. The fourth-order valence-corrected chi connectivity index (χ4v) is 1.79. The van der Waals surface area contributed by atoms with Crippen molar-refractivity contribution < 1.29 is 4.74 Å². The van der Waals surface area contributed by atoms with Gasteiger partial charge in [0.2, 0.25) is 0 Å². The number of hydrogen-bond acceptors (Lipinski definition) is 3. The quantitative estimate of drug-likeness (QED) is 0.702. The molecule has 94 valence electrons. The lowest BCUT2D eigenvalue weighted by molar-refractivity contribution is 0.316. The molecule has 3 nitrogen and oxygen atoms in total. The third-order valence-electron chi connectivity index (χ3n) is 2.90. The lowest BCUT2D eigenvalue weighted by atomic mass is 10.1. The van der Waals surface area contributed by atoms with Crippen LogP contribution in [-0.4, -0.2) is 24.2 Å². The minimum atomic E-state index is 0.772. The zero-order valence-electron chi connectivity index (χ0n) is 10.6. The molecule has 1 heterocycles. The van der Waals surface area contributed by atoms with Gasteiger partial charge in [-0.2, -0.15) is 0 Å². The second-order valence-corrected chi connectivity index (χ2v) is 4.71. The number of ether oxygens (including phenoxy) is 1. The van der Waals surface area contributed by atoms with E-state index in [4.69, 9.17) is 4.74 Å². The van der Waals surface area contributed by atoms with E-state index in [2.05, 4.69) is 23.3 Å². The Morgan fingerprint density at radius 2 is 2.29 bits per heavy atom. The molecule has 0 aromatic carbocycles. The van der Waals surface area contributed by atoms with Crippen molar-refractivity contribution in [2.24, 2.45) is 0 Å². The smallest absolute Gasteiger partial charge is 0.137 e. The van der Waals surface area contributed by atoms with Crippen LogP contribution in [0.2, 0.25) is 0 Å². The van der Waals surface area contributed by atoms with Gasteiger partial charge in [-0.1, -0.05) is 6.92 Å². The lowest BCUT2D eigenvalue weighted by Crippen LogP contribution is -2.17. The highest BCUT2D eigenvalue weighted by Gasteiger charge is 2.19. The van der Waals surface area contributed by atoms with E-state index in [0.717, 1.165) is 37.8 Å².